The van der Waals surface area contributed by atoms with Crippen molar-refractivity contribution in [3.05, 3.63) is 0 Å². The van der Waals surface area contributed by atoms with Crippen LogP contribution >= 0.6 is 0 Å². The first-order chi connectivity index (χ1) is 7.31. The minimum absolute atomic E-state index is 0.0744. The number of aliphatic carboxylic acids is 1. The summed E-state index contributed by atoms with van der Waals surface area (Å²) in [4.78, 5) is 11.5. The summed E-state index contributed by atoms with van der Waals surface area (Å²) in [5.74, 6) is -0.793. The predicted molar refractivity (Wildman–Crippen MR) is 61.1 cm³/mol. The lowest BCUT2D eigenvalue weighted by atomic mass is 9.52. The average molecular weight is 226 g/mol. The maximum absolute atomic E-state index is 11.5. The first kappa shape index (κ1) is 11.9. The third-order valence-corrected chi connectivity index (χ3v) is 4.72. The monoisotopic (exact) mass is 226 g/mol. The molecule has 92 valence electrons. The van der Waals surface area contributed by atoms with Crippen LogP contribution in [-0.2, 0) is 4.79 Å². The molecule has 2 fully saturated rings. The Balaban J connectivity index is 2.26. The summed E-state index contributed by atoms with van der Waals surface area (Å²) in [6.45, 7) is 4.26. The van der Waals surface area contributed by atoms with Crippen LogP contribution in [0.3, 0.4) is 0 Å². The Morgan fingerprint density at radius 3 is 2.00 bits per heavy atom. The Labute approximate surface area is 96.9 Å². The second-order valence-corrected chi connectivity index (χ2v) is 6.47. The van der Waals surface area contributed by atoms with Gasteiger partial charge in [0.15, 0.2) is 0 Å². The predicted octanol–water partition coefficient (Wildman–Crippen LogP) is 2.57. The van der Waals surface area contributed by atoms with Gasteiger partial charge in [0.25, 0.3) is 0 Å². The highest BCUT2D eigenvalue weighted by atomic mass is 16.4. The highest BCUT2D eigenvalue weighted by molar-refractivity contribution is 5.77. The zero-order valence-electron chi connectivity index (χ0n) is 10.3. The van der Waals surface area contributed by atoms with Crippen LogP contribution in [0, 0.1) is 10.8 Å². The molecule has 3 nitrogen and oxygen atoms in total. The summed E-state index contributed by atoms with van der Waals surface area (Å²) in [6, 6.07) is 0. The van der Waals surface area contributed by atoms with Gasteiger partial charge in [-0.2, -0.15) is 0 Å². The Bertz CT molecular complexity index is 304. The van der Waals surface area contributed by atoms with Gasteiger partial charge in [-0.05, 0) is 37.5 Å². The molecule has 16 heavy (non-hydrogen) atoms. The van der Waals surface area contributed by atoms with E-state index in [0.29, 0.717) is 25.7 Å². The molecule has 0 amide bonds. The highest BCUT2D eigenvalue weighted by Gasteiger charge is 2.61. The molecular weight excluding hydrogens is 204 g/mol. The standard InChI is InChI=1S/C13H22O3/c1-11(2)5-3-8-13(16,9-11)12(10(14)15)6-4-7-12/h16H,3-9H2,1-2H3,(H,14,15). The summed E-state index contributed by atoms with van der Waals surface area (Å²) < 4.78 is 0. The van der Waals surface area contributed by atoms with Crippen molar-refractivity contribution in [3.8, 4) is 0 Å². The van der Waals surface area contributed by atoms with E-state index in [1.165, 1.54) is 0 Å². The van der Waals surface area contributed by atoms with Crippen molar-refractivity contribution in [1.29, 1.82) is 0 Å². The van der Waals surface area contributed by atoms with Crippen LogP contribution in [0.25, 0.3) is 0 Å². The van der Waals surface area contributed by atoms with Crippen molar-refractivity contribution in [2.75, 3.05) is 0 Å². The molecule has 2 N–H and O–H groups in total. The number of hydrogen-bond donors (Lipinski definition) is 2. The van der Waals surface area contributed by atoms with Crippen LogP contribution in [-0.4, -0.2) is 21.8 Å². The fraction of sp³-hybridized carbons (Fsp3) is 0.923. The molecule has 0 radical (unpaired) electrons. The van der Waals surface area contributed by atoms with Gasteiger partial charge in [-0.25, -0.2) is 0 Å². The SMILES string of the molecule is CC1(C)CCCC(O)(C2(C(=O)O)CCC2)C1. The van der Waals surface area contributed by atoms with E-state index in [1.54, 1.807) is 0 Å². The van der Waals surface area contributed by atoms with Gasteiger partial charge in [0.1, 0.15) is 0 Å². The van der Waals surface area contributed by atoms with Crippen LogP contribution in [0.2, 0.25) is 0 Å². The Morgan fingerprint density at radius 1 is 1.06 bits per heavy atom. The average Bonchev–Trinajstić information content (AvgIpc) is 1.95. The van der Waals surface area contributed by atoms with E-state index >= 15 is 0 Å². The van der Waals surface area contributed by atoms with E-state index < -0.39 is 17.0 Å². The minimum Gasteiger partial charge on any atom is -0.481 e. The van der Waals surface area contributed by atoms with Gasteiger partial charge in [-0.1, -0.05) is 26.7 Å². The number of carboxylic acid groups (broad SMARTS) is 1. The van der Waals surface area contributed by atoms with Gasteiger partial charge < -0.3 is 10.2 Å². The number of aliphatic hydroxyl groups is 1. The van der Waals surface area contributed by atoms with Crippen LogP contribution < -0.4 is 0 Å². The maximum atomic E-state index is 11.5. The molecule has 0 spiro atoms. The van der Waals surface area contributed by atoms with E-state index in [1.807, 2.05) is 0 Å². The lowest BCUT2D eigenvalue weighted by Gasteiger charge is -2.55. The summed E-state index contributed by atoms with van der Waals surface area (Å²) in [5.41, 5.74) is -1.74. The summed E-state index contributed by atoms with van der Waals surface area (Å²) in [7, 11) is 0. The van der Waals surface area contributed by atoms with Crippen LogP contribution in [0.4, 0.5) is 0 Å². The molecule has 0 aliphatic heterocycles. The first-order valence-electron chi connectivity index (χ1n) is 6.27. The molecule has 2 rings (SSSR count). The Kier molecular flexibility index (Phi) is 2.57. The van der Waals surface area contributed by atoms with Gasteiger partial charge >= 0.3 is 5.97 Å². The molecule has 0 bridgehead atoms. The van der Waals surface area contributed by atoms with Crippen molar-refractivity contribution in [1.82, 2.24) is 0 Å². The second-order valence-electron chi connectivity index (χ2n) is 6.47. The molecule has 0 heterocycles. The van der Waals surface area contributed by atoms with Gasteiger partial charge in [-0.15, -0.1) is 0 Å². The lowest BCUT2D eigenvalue weighted by Crippen LogP contribution is -2.60. The maximum Gasteiger partial charge on any atom is 0.312 e. The molecule has 0 aromatic rings. The molecule has 3 heteroatoms. The molecule has 0 aromatic carbocycles. The summed E-state index contributed by atoms with van der Waals surface area (Å²) in [5, 5.41) is 20.2. The number of hydrogen-bond acceptors (Lipinski definition) is 2. The fourth-order valence-electron chi connectivity index (χ4n) is 3.64. The van der Waals surface area contributed by atoms with Gasteiger partial charge in [-0.3, -0.25) is 4.79 Å². The van der Waals surface area contributed by atoms with Crippen LogP contribution in [0.15, 0.2) is 0 Å². The summed E-state index contributed by atoms with van der Waals surface area (Å²) >= 11 is 0. The van der Waals surface area contributed by atoms with Crippen molar-refractivity contribution >= 4 is 5.97 Å². The van der Waals surface area contributed by atoms with Crippen LogP contribution in [0.5, 0.6) is 0 Å². The van der Waals surface area contributed by atoms with E-state index in [-0.39, 0.29) is 5.41 Å². The van der Waals surface area contributed by atoms with Gasteiger partial charge in [0.05, 0.1) is 11.0 Å². The third kappa shape index (κ3) is 1.56. The lowest BCUT2D eigenvalue weighted by molar-refractivity contribution is -0.198. The Morgan fingerprint density at radius 2 is 1.62 bits per heavy atom. The largest absolute Gasteiger partial charge is 0.481 e. The molecule has 2 saturated carbocycles. The normalized spacial score (nSPS) is 36.4. The van der Waals surface area contributed by atoms with Gasteiger partial charge in [0, 0.05) is 0 Å². The first-order valence-corrected chi connectivity index (χ1v) is 6.27. The quantitative estimate of drug-likeness (QED) is 0.760. The van der Waals surface area contributed by atoms with E-state index in [0.717, 1.165) is 19.3 Å². The van der Waals surface area contributed by atoms with Crippen molar-refractivity contribution in [2.45, 2.75) is 64.4 Å². The van der Waals surface area contributed by atoms with E-state index in [2.05, 4.69) is 13.8 Å². The molecule has 1 atom stereocenters. The molecule has 0 aromatic heterocycles. The summed E-state index contributed by atoms with van der Waals surface area (Å²) in [6.07, 6.45) is 5.55. The number of carboxylic acids is 1. The fourth-order valence-corrected chi connectivity index (χ4v) is 3.64. The minimum atomic E-state index is -0.973. The number of rotatable bonds is 2. The highest BCUT2D eigenvalue weighted by Crippen LogP contribution is 2.57. The smallest absolute Gasteiger partial charge is 0.312 e. The third-order valence-electron chi connectivity index (χ3n) is 4.72. The molecule has 2 aliphatic carbocycles. The zero-order chi connectivity index (χ0) is 12.0. The van der Waals surface area contributed by atoms with Crippen molar-refractivity contribution in [3.63, 3.8) is 0 Å². The van der Waals surface area contributed by atoms with Gasteiger partial charge in [0.2, 0.25) is 0 Å². The van der Waals surface area contributed by atoms with E-state index in [9.17, 15) is 15.0 Å². The molecular formula is C13H22O3. The second kappa shape index (κ2) is 3.46. The number of carbonyl (C=O) groups is 1. The van der Waals surface area contributed by atoms with Crippen molar-refractivity contribution in [2.24, 2.45) is 10.8 Å². The van der Waals surface area contributed by atoms with Crippen LogP contribution in [0.1, 0.15) is 58.8 Å². The zero-order valence-corrected chi connectivity index (χ0v) is 10.3. The molecule has 2 aliphatic rings. The van der Waals surface area contributed by atoms with E-state index in [4.69, 9.17) is 0 Å². The molecule has 1 unspecified atom stereocenters. The topological polar surface area (TPSA) is 57.5 Å². The Hall–Kier alpha value is -0.570. The van der Waals surface area contributed by atoms with Crippen molar-refractivity contribution < 1.29 is 15.0 Å². The molecule has 0 saturated heterocycles.